The van der Waals surface area contributed by atoms with Crippen molar-refractivity contribution in [1.29, 1.82) is 0 Å². The second kappa shape index (κ2) is 17.5. The maximum absolute atomic E-state index is 10.5. The van der Waals surface area contributed by atoms with Gasteiger partial charge in [-0.3, -0.25) is 4.79 Å². The normalized spacial score (nSPS) is 13.3. The van der Waals surface area contributed by atoms with E-state index in [1.807, 2.05) is 18.2 Å². The van der Waals surface area contributed by atoms with E-state index in [9.17, 15) is 9.90 Å². The molecule has 1 rings (SSSR count). The molecule has 4 nitrogen and oxygen atoms in total. The minimum atomic E-state index is -0.682. The fourth-order valence-corrected chi connectivity index (χ4v) is 3.70. The Balaban J connectivity index is 2.13. The predicted molar refractivity (Wildman–Crippen MR) is 119 cm³/mol. The van der Waals surface area contributed by atoms with Gasteiger partial charge in [0, 0.05) is 6.42 Å². The summed E-state index contributed by atoms with van der Waals surface area (Å²) in [5.41, 5.74) is 1.19. The van der Waals surface area contributed by atoms with Crippen molar-refractivity contribution >= 4 is 5.97 Å². The lowest BCUT2D eigenvalue weighted by atomic mass is 10.0. The maximum atomic E-state index is 10.5. The third-order valence-electron chi connectivity index (χ3n) is 5.40. The molecule has 2 N–H and O–H groups in total. The number of unbranched alkanes of at least 4 members (excludes halogenated alkanes) is 8. The molecule has 0 aromatic heterocycles. The van der Waals surface area contributed by atoms with E-state index in [0.717, 1.165) is 51.4 Å². The Morgan fingerprint density at radius 1 is 0.897 bits per heavy atom. The van der Waals surface area contributed by atoms with Crippen molar-refractivity contribution in [2.24, 2.45) is 0 Å². The topological polar surface area (TPSA) is 66.8 Å². The molecule has 0 saturated heterocycles. The lowest BCUT2D eigenvalue weighted by molar-refractivity contribution is -0.137. The van der Waals surface area contributed by atoms with Crippen molar-refractivity contribution in [3.8, 4) is 0 Å². The number of carbonyl (C=O) groups is 1. The SMILES string of the molecule is CCCC(O)CC(CCCCCCCCCCCC(=O)O)OCc1ccccc1. The second-order valence-corrected chi connectivity index (χ2v) is 8.21. The summed E-state index contributed by atoms with van der Waals surface area (Å²) in [6.45, 7) is 2.72. The Morgan fingerprint density at radius 2 is 1.48 bits per heavy atom. The zero-order valence-corrected chi connectivity index (χ0v) is 18.4. The van der Waals surface area contributed by atoms with E-state index < -0.39 is 5.97 Å². The molecule has 0 aliphatic heterocycles. The smallest absolute Gasteiger partial charge is 0.303 e. The number of hydrogen-bond acceptors (Lipinski definition) is 3. The summed E-state index contributed by atoms with van der Waals surface area (Å²) in [4.78, 5) is 10.5. The highest BCUT2D eigenvalue weighted by atomic mass is 16.5. The van der Waals surface area contributed by atoms with Gasteiger partial charge in [0.2, 0.25) is 0 Å². The molecule has 0 aliphatic carbocycles. The average Bonchev–Trinajstić information content (AvgIpc) is 2.70. The molecule has 0 radical (unpaired) electrons. The van der Waals surface area contributed by atoms with Crippen LogP contribution in [0, 0.1) is 0 Å². The summed E-state index contributed by atoms with van der Waals surface area (Å²) < 4.78 is 6.14. The fourth-order valence-electron chi connectivity index (χ4n) is 3.70. The average molecular weight is 407 g/mol. The van der Waals surface area contributed by atoms with Gasteiger partial charge in [-0.15, -0.1) is 0 Å². The molecule has 1 aromatic carbocycles. The van der Waals surface area contributed by atoms with Gasteiger partial charge in [-0.1, -0.05) is 95.0 Å². The first-order valence-electron chi connectivity index (χ1n) is 11.7. The number of hydrogen-bond donors (Lipinski definition) is 2. The molecule has 0 spiro atoms. The first kappa shape index (κ1) is 25.6. The summed E-state index contributed by atoms with van der Waals surface area (Å²) in [5.74, 6) is -0.682. The summed E-state index contributed by atoms with van der Waals surface area (Å²) in [6, 6.07) is 10.3. The van der Waals surface area contributed by atoms with Crippen molar-refractivity contribution in [3.05, 3.63) is 35.9 Å². The summed E-state index contributed by atoms with van der Waals surface area (Å²) in [6.07, 6.45) is 14.1. The van der Waals surface area contributed by atoms with E-state index in [1.54, 1.807) is 0 Å². The Kier molecular flexibility index (Phi) is 15.4. The van der Waals surface area contributed by atoms with Crippen LogP contribution in [0.4, 0.5) is 0 Å². The van der Waals surface area contributed by atoms with Crippen LogP contribution in [-0.4, -0.2) is 28.4 Å². The molecule has 2 unspecified atom stereocenters. The predicted octanol–water partition coefficient (Wildman–Crippen LogP) is 6.50. The number of rotatable bonds is 19. The highest BCUT2D eigenvalue weighted by Gasteiger charge is 2.15. The highest BCUT2D eigenvalue weighted by Crippen LogP contribution is 2.18. The van der Waals surface area contributed by atoms with Crippen molar-refractivity contribution in [1.82, 2.24) is 0 Å². The van der Waals surface area contributed by atoms with Gasteiger partial charge >= 0.3 is 5.97 Å². The van der Waals surface area contributed by atoms with Crippen molar-refractivity contribution < 1.29 is 19.7 Å². The zero-order chi connectivity index (χ0) is 21.2. The molecule has 0 saturated carbocycles. The lowest BCUT2D eigenvalue weighted by Crippen LogP contribution is -2.21. The van der Waals surface area contributed by atoms with Crippen LogP contribution < -0.4 is 0 Å². The van der Waals surface area contributed by atoms with Gasteiger partial charge in [-0.2, -0.15) is 0 Å². The van der Waals surface area contributed by atoms with Gasteiger partial charge in [-0.05, 0) is 31.2 Å². The fraction of sp³-hybridized carbons (Fsp3) is 0.720. The van der Waals surface area contributed by atoms with Crippen LogP contribution in [0.2, 0.25) is 0 Å². The van der Waals surface area contributed by atoms with Crippen LogP contribution in [0.5, 0.6) is 0 Å². The minimum absolute atomic E-state index is 0.131. The Hall–Kier alpha value is -1.39. The van der Waals surface area contributed by atoms with Crippen LogP contribution in [0.3, 0.4) is 0 Å². The van der Waals surface area contributed by atoms with Crippen LogP contribution >= 0.6 is 0 Å². The van der Waals surface area contributed by atoms with E-state index in [-0.39, 0.29) is 12.2 Å². The number of ether oxygens (including phenoxy) is 1. The van der Waals surface area contributed by atoms with Gasteiger partial charge in [-0.25, -0.2) is 0 Å². The molecule has 166 valence electrons. The summed E-state index contributed by atoms with van der Waals surface area (Å²) in [5, 5.41) is 18.8. The minimum Gasteiger partial charge on any atom is -0.481 e. The largest absolute Gasteiger partial charge is 0.481 e. The van der Waals surface area contributed by atoms with Gasteiger partial charge in [0.25, 0.3) is 0 Å². The van der Waals surface area contributed by atoms with Crippen LogP contribution in [0.15, 0.2) is 30.3 Å². The molecular formula is C25H42O4. The molecule has 0 aliphatic rings. The number of benzene rings is 1. The molecule has 4 heteroatoms. The lowest BCUT2D eigenvalue weighted by Gasteiger charge is -2.21. The van der Waals surface area contributed by atoms with Crippen molar-refractivity contribution in [2.75, 3.05) is 0 Å². The van der Waals surface area contributed by atoms with E-state index in [0.29, 0.717) is 13.0 Å². The summed E-state index contributed by atoms with van der Waals surface area (Å²) in [7, 11) is 0. The number of carboxylic acid groups (broad SMARTS) is 1. The number of carboxylic acids is 1. The monoisotopic (exact) mass is 406 g/mol. The molecular weight excluding hydrogens is 364 g/mol. The number of aliphatic hydroxyl groups is 1. The second-order valence-electron chi connectivity index (χ2n) is 8.21. The standard InChI is InChI=1S/C25H42O4/c1-2-15-23(26)20-24(29-21-22-16-11-10-12-17-22)18-13-8-6-4-3-5-7-9-14-19-25(27)28/h10-12,16-17,23-24,26H,2-9,13-15,18-21H2,1H3,(H,27,28). The molecule has 1 aromatic rings. The quantitative estimate of drug-likeness (QED) is 0.257. The van der Waals surface area contributed by atoms with E-state index >= 15 is 0 Å². The highest BCUT2D eigenvalue weighted by molar-refractivity contribution is 5.66. The first-order chi connectivity index (χ1) is 14.1. The Labute approximate surface area is 177 Å². The van der Waals surface area contributed by atoms with Crippen LogP contribution in [-0.2, 0) is 16.1 Å². The Bertz CT molecular complexity index is 503. The van der Waals surface area contributed by atoms with E-state index in [4.69, 9.17) is 9.84 Å². The van der Waals surface area contributed by atoms with Crippen molar-refractivity contribution in [2.45, 2.75) is 116 Å². The molecule has 29 heavy (non-hydrogen) atoms. The van der Waals surface area contributed by atoms with Crippen LogP contribution in [0.1, 0.15) is 102 Å². The molecule has 2 atom stereocenters. The maximum Gasteiger partial charge on any atom is 0.303 e. The Morgan fingerprint density at radius 3 is 2.07 bits per heavy atom. The molecule has 0 bridgehead atoms. The molecule has 0 fully saturated rings. The first-order valence-corrected chi connectivity index (χ1v) is 11.7. The zero-order valence-electron chi connectivity index (χ0n) is 18.4. The molecule has 0 heterocycles. The van der Waals surface area contributed by atoms with Crippen LogP contribution in [0.25, 0.3) is 0 Å². The molecule has 0 amide bonds. The van der Waals surface area contributed by atoms with E-state index in [2.05, 4.69) is 19.1 Å². The third-order valence-corrected chi connectivity index (χ3v) is 5.40. The van der Waals surface area contributed by atoms with Gasteiger partial charge in [0.05, 0.1) is 18.8 Å². The van der Waals surface area contributed by atoms with Gasteiger partial charge < -0.3 is 14.9 Å². The van der Waals surface area contributed by atoms with E-state index in [1.165, 1.54) is 37.7 Å². The number of aliphatic hydroxyl groups excluding tert-OH is 1. The third kappa shape index (κ3) is 15.2. The van der Waals surface area contributed by atoms with Crippen molar-refractivity contribution in [3.63, 3.8) is 0 Å². The number of aliphatic carboxylic acids is 1. The summed E-state index contributed by atoms with van der Waals surface area (Å²) >= 11 is 0. The van der Waals surface area contributed by atoms with Gasteiger partial charge in [0.1, 0.15) is 0 Å². The van der Waals surface area contributed by atoms with Gasteiger partial charge in [0.15, 0.2) is 0 Å².